The van der Waals surface area contributed by atoms with Gasteiger partial charge in [-0.25, -0.2) is 4.79 Å². The van der Waals surface area contributed by atoms with E-state index in [-0.39, 0.29) is 6.03 Å². The molecule has 0 fully saturated rings. The van der Waals surface area contributed by atoms with E-state index in [1.807, 2.05) is 48.1 Å². The Morgan fingerprint density at radius 1 is 1.12 bits per heavy atom. The van der Waals surface area contributed by atoms with Crippen molar-refractivity contribution in [1.82, 2.24) is 20.4 Å². The molecule has 0 aliphatic heterocycles. The lowest BCUT2D eigenvalue weighted by molar-refractivity contribution is 0.240. The third-order valence-electron chi connectivity index (χ3n) is 4.15. The summed E-state index contributed by atoms with van der Waals surface area (Å²) in [4.78, 5) is 11.9. The molecule has 2 aromatic carbocycles. The number of carbonyl (C=O) groups is 1. The lowest BCUT2D eigenvalue weighted by Gasteiger charge is -2.09. The smallest absolute Gasteiger partial charge is 0.315 e. The number of carbonyl (C=O) groups excluding carboxylic acids is 1. The maximum Gasteiger partial charge on any atom is 0.315 e. The van der Waals surface area contributed by atoms with E-state index in [0.717, 1.165) is 34.2 Å². The van der Waals surface area contributed by atoms with Crippen molar-refractivity contribution in [3.8, 4) is 5.75 Å². The van der Waals surface area contributed by atoms with Gasteiger partial charge in [-0.3, -0.25) is 4.68 Å². The number of aryl methyl sites for hydroxylation is 1. The molecule has 130 valence electrons. The fourth-order valence-electron chi connectivity index (χ4n) is 2.71. The zero-order valence-corrected chi connectivity index (χ0v) is 14.5. The van der Waals surface area contributed by atoms with Gasteiger partial charge < -0.3 is 15.4 Å². The number of aromatic nitrogens is 2. The molecule has 3 aromatic rings. The van der Waals surface area contributed by atoms with E-state index < -0.39 is 0 Å². The van der Waals surface area contributed by atoms with Crippen LogP contribution in [0.4, 0.5) is 4.79 Å². The molecule has 0 saturated heterocycles. The van der Waals surface area contributed by atoms with Gasteiger partial charge in [0.25, 0.3) is 0 Å². The summed E-state index contributed by atoms with van der Waals surface area (Å²) < 4.78 is 7.04. The number of fused-ring (bicyclic) bond motifs is 1. The Morgan fingerprint density at radius 3 is 2.68 bits per heavy atom. The molecule has 2 N–H and O–H groups in total. The fraction of sp³-hybridized carbons (Fsp3) is 0.263. The number of amides is 2. The average molecular weight is 338 g/mol. The maximum absolute atomic E-state index is 11.9. The van der Waals surface area contributed by atoms with Crippen LogP contribution in [-0.2, 0) is 20.0 Å². The molecular formula is C19H22N4O2. The third kappa shape index (κ3) is 4.29. The number of benzene rings is 2. The number of methoxy groups -OCH3 is 1. The Balaban J connectivity index is 1.50. The molecule has 1 heterocycles. The predicted octanol–water partition coefficient (Wildman–Crippen LogP) is 2.62. The number of nitrogens with one attached hydrogen (secondary N) is 2. The van der Waals surface area contributed by atoms with Crippen molar-refractivity contribution in [2.45, 2.75) is 13.0 Å². The summed E-state index contributed by atoms with van der Waals surface area (Å²) in [6.45, 7) is 1.06. The van der Waals surface area contributed by atoms with E-state index in [4.69, 9.17) is 4.74 Å². The van der Waals surface area contributed by atoms with Crippen LogP contribution in [0.25, 0.3) is 10.8 Å². The van der Waals surface area contributed by atoms with Crippen LogP contribution in [0, 0.1) is 0 Å². The number of urea groups is 1. The zero-order valence-electron chi connectivity index (χ0n) is 14.5. The summed E-state index contributed by atoms with van der Waals surface area (Å²) in [5.74, 6) is 0.839. The summed E-state index contributed by atoms with van der Waals surface area (Å²) in [6.07, 6.45) is 2.51. The minimum atomic E-state index is -0.169. The van der Waals surface area contributed by atoms with Gasteiger partial charge in [-0.1, -0.05) is 18.2 Å². The van der Waals surface area contributed by atoms with Crippen LogP contribution in [0.3, 0.4) is 0 Å². The van der Waals surface area contributed by atoms with Crippen molar-refractivity contribution < 1.29 is 9.53 Å². The highest BCUT2D eigenvalue weighted by atomic mass is 16.5. The SMILES string of the molecule is COc1ccc2cc(CNC(=O)NCCc3ccnn3C)ccc2c1. The molecule has 0 unspecified atom stereocenters. The maximum atomic E-state index is 11.9. The number of rotatable bonds is 6. The van der Waals surface area contributed by atoms with Crippen LogP contribution >= 0.6 is 0 Å². The molecular weight excluding hydrogens is 316 g/mol. The minimum Gasteiger partial charge on any atom is -0.497 e. The van der Waals surface area contributed by atoms with Gasteiger partial charge in [0, 0.05) is 38.4 Å². The first-order chi connectivity index (χ1) is 12.2. The molecule has 0 saturated carbocycles. The summed E-state index contributed by atoms with van der Waals surface area (Å²) in [7, 11) is 3.55. The molecule has 0 spiro atoms. The van der Waals surface area contributed by atoms with Crippen LogP contribution in [0.2, 0.25) is 0 Å². The highest BCUT2D eigenvalue weighted by Gasteiger charge is 2.03. The Labute approximate surface area is 146 Å². The molecule has 0 bridgehead atoms. The normalized spacial score (nSPS) is 10.6. The Morgan fingerprint density at radius 2 is 1.92 bits per heavy atom. The number of nitrogens with zero attached hydrogens (tertiary/aromatic N) is 2. The molecule has 0 radical (unpaired) electrons. The highest BCUT2D eigenvalue weighted by molar-refractivity contribution is 5.84. The Kier molecular flexibility index (Phi) is 5.18. The van der Waals surface area contributed by atoms with Gasteiger partial charge in [0.15, 0.2) is 0 Å². The molecule has 0 aliphatic carbocycles. The Hall–Kier alpha value is -3.02. The van der Waals surface area contributed by atoms with Crippen LogP contribution in [0.5, 0.6) is 5.75 Å². The van der Waals surface area contributed by atoms with E-state index in [1.165, 1.54) is 0 Å². The van der Waals surface area contributed by atoms with Crippen LogP contribution in [0.15, 0.2) is 48.7 Å². The van der Waals surface area contributed by atoms with Gasteiger partial charge in [0.05, 0.1) is 7.11 Å². The quantitative estimate of drug-likeness (QED) is 0.726. The lowest BCUT2D eigenvalue weighted by Crippen LogP contribution is -2.36. The molecule has 2 amide bonds. The van der Waals surface area contributed by atoms with Crippen LogP contribution < -0.4 is 15.4 Å². The van der Waals surface area contributed by atoms with Crippen molar-refractivity contribution in [3.05, 3.63) is 59.9 Å². The average Bonchev–Trinajstić information content (AvgIpc) is 3.04. The second-order valence-electron chi connectivity index (χ2n) is 5.85. The van der Waals surface area contributed by atoms with Gasteiger partial charge in [-0.2, -0.15) is 5.10 Å². The highest BCUT2D eigenvalue weighted by Crippen LogP contribution is 2.21. The van der Waals surface area contributed by atoms with Crippen molar-refractivity contribution in [3.63, 3.8) is 0 Å². The third-order valence-corrected chi connectivity index (χ3v) is 4.15. The van der Waals surface area contributed by atoms with Crippen molar-refractivity contribution in [2.24, 2.45) is 7.05 Å². The van der Waals surface area contributed by atoms with E-state index in [9.17, 15) is 4.79 Å². The second kappa shape index (κ2) is 7.70. The minimum absolute atomic E-state index is 0.169. The molecule has 6 nitrogen and oxygen atoms in total. The summed E-state index contributed by atoms with van der Waals surface area (Å²) in [6, 6.07) is 13.9. The summed E-state index contributed by atoms with van der Waals surface area (Å²) in [5.41, 5.74) is 2.14. The fourth-order valence-corrected chi connectivity index (χ4v) is 2.71. The van der Waals surface area contributed by atoms with Gasteiger partial charge >= 0.3 is 6.03 Å². The van der Waals surface area contributed by atoms with E-state index in [0.29, 0.717) is 13.1 Å². The predicted molar refractivity (Wildman–Crippen MR) is 97.7 cm³/mol. The molecule has 3 rings (SSSR count). The number of hydrogen-bond acceptors (Lipinski definition) is 3. The van der Waals surface area contributed by atoms with Gasteiger partial charge in [0.2, 0.25) is 0 Å². The van der Waals surface area contributed by atoms with Gasteiger partial charge in [0.1, 0.15) is 5.75 Å². The molecule has 0 atom stereocenters. The first-order valence-electron chi connectivity index (χ1n) is 8.21. The first-order valence-corrected chi connectivity index (χ1v) is 8.21. The lowest BCUT2D eigenvalue weighted by atomic mass is 10.1. The molecule has 25 heavy (non-hydrogen) atoms. The van der Waals surface area contributed by atoms with Gasteiger partial charge in [-0.15, -0.1) is 0 Å². The topological polar surface area (TPSA) is 68.2 Å². The van der Waals surface area contributed by atoms with Crippen molar-refractivity contribution >= 4 is 16.8 Å². The first kappa shape index (κ1) is 16.8. The van der Waals surface area contributed by atoms with Gasteiger partial charge in [-0.05, 0) is 40.6 Å². The zero-order chi connectivity index (χ0) is 17.6. The van der Waals surface area contributed by atoms with E-state index in [1.54, 1.807) is 13.3 Å². The molecule has 6 heteroatoms. The number of ether oxygens (including phenoxy) is 1. The molecule has 0 aliphatic rings. The van der Waals surface area contributed by atoms with E-state index in [2.05, 4.69) is 21.8 Å². The monoisotopic (exact) mass is 338 g/mol. The van der Waals surface area contributed by atoms with E-state index >= 15 is 0 Å². The Bertz CT molecular complexity index is 873. The second-order valence-corrected chi connectivity index (χ2v) is 5.85. The summed E-state index contributed by atoms with van der Waals surface area (Å²) >= 11 is 0. The standard InChI is InChI=1S/C19H22N4O2/c1-23-17(8-10-22-23)7-9-20-19(24)21-13-14-3-4-16-12-18(25-2)6-5-15(16)11-14/h3-6,8,10-12H,7,9,13H2,1-2H3,(H2,20,21,24). The molecule has 1 aromatic heterocycles. The van der Waals surface area contributed by atoms with Crippen LogP contribution in [-0.4, -0.2) is 29.5 Å². The number of hydrogen-bond donors (Lipinski definition) is 2. The van der Waals surface area contributed by atoms with Crippen molar-refractivity contribution in [1.29, 1.82) is 0 Å². The summed E-state index contributed by atoms with van der Waals surface area (Å²) in [5, 5.41) is 12.1. The largest absolute Gasteiger partial charge is 0.497 e. The van der Waals surface area contributed by atoms with Crippen LogP contribution in [0.1, 0.15) is 11.3 Å². The van der Waals surface area contributed by atoms with Crippen molar-refractivity contribution in [2.75, 3.05) is 13.7 Å².